The molecule has 5 heteroatoms. The largest absolute Gasteiger partial charge is 0.386 e. The maximum Gasteiger partial charge on any atom is 0.117 e. The summed E-state index contributed by atoms with van der Waals surface area (Å²) in [5.74, 6) is 1.06. The predicted molar refractivity (Wildman–Crippen MR) is 48.4 cm³/mol. The highest BCUT2D eigenvalue weighted by molar-refractivity contribution is 7.98. The van der Waals surface area contributed by atoms with Crippen LogP contribution in [0.15, 0.2) is 0 Å². The molecule has 3 N–H and O–H groups in total. The maximum absolute atomic E-state index is 6.78. The summed E-state index contributed by atoms with van der Waals surface area (Å²) in [4.78, 5) is 0. The Morgan fingerprint density at radius 2 is 2.30 bits per heavy atom. The second-order valence-electron chi connectivity index (χ2n) is 1.57. The molecule has 0 radical (unpaired) electrons. The first-order valence-corrected chi connectivity index (χ1v) is 4.06. The van der Waals surface area contributed by atoms with Gasteiger partial charge in [0.1, 0.15) is 12.4 Å². The van der Waals surface area contributed by atoms with Crippen molar-refractivity contribution in [3.8, 4) is 0 Å². The van der Waals surface area contributed by atoms with E-state index in [1.54, 1.807) is 11.8 Å². The topological polar surface area (TPSA) is 59.1 Å². The van der Waals surface area contributed by atoms with Gasteiger partial charge in [0.2, 0.25) is 0 Å². The van der Waals surface area contributed by atoms with Crippen molar-refractivity contribution in [2.75, 3.05) is 25.2 Å². The molecule has 0 spiro atoms. The van der Waals surface area contributed by atoms with Gasteiger partial charge >= 0.3 is 0 Å². The fourth-order valence-corrected chi connectivity index (χ4v) is 0.609. The molecule has 3 nitrogen and oxygen atoms in total. The van der Waals surface area contributed by atoms with E-state index in [-0.39, 0.29) is 24.8 Å². The molecule has 0 aliphatic heterocycles. The number of halogens is 1. The Morgan fingerprint density at radius 3 is 2.70 bits per heavy atom. The zero-order valence-electron chi connectivity index (χ0n) is 5.92. The Hall–Kier alpha value is 0.0700. The number of hydrogen-bond acceptors (Lipinski definition) is 3. The number of nitrogens with two attached hydrogens (primary N) is 1. The van der Waals surface area contributed by atoms with Gasteiger partial charge in [-0.1, -0.05) is 0 Å². The Kier molecular flexibility index (Phi) is 11.5. The minimum Gasteiger partial charge on any atom is -0.386 e. The summed E-state index contributed by atoms with van der Waals surface area (Å²) in [5, 5.41) is 6.78. The molecule has 0 aromatic heterocycles. The highest BCUT2D eigenvalue weighted by atomic mass is 35.5. The molecule has 0 amide bonds. The molecule has 0 aromatic rings. The van der Waals surface area contributed by atoms with E-state index in [4.69, 9.17) is 15.9 Å². The van der Waals surface area contributed by atoms with Gasteiger partial charge in [-0.05, 0) is 6.26 Å². The molecule has 62 valence electrons. The van der Waals surface area contributed by atoms with E-state index in [0.29, 0.717) is 6.61 Å². The van der Waals surface area contributed by atoms with E-state index in [0.717, 1.165) is 5.75 Å². The van der Waals surface area contributed by atoms with Crippen molar-refractivity contribution < 1.29 is 4.74 Å². The van der Waals surface area contributed by atoms with E-state index in [1.165, 1.54) is 0 Å². The standard InChI is InChI=1S/C5H12N2OS.ClH/c1-9-3-2-8-4-5(6)7;/h2-4H2,1H3,(H3,6,7);1H. The molecule has 10 heavy (non-hydrogen) atoms. The third kappa shape index (κ3) is 10.9. The van der Waals surface area contributed by atoms with Crippen molar-refractivity contribution in [2.24, 2.45) is 5.73 Å². The van der Waals surface area contributed by atoms with Crippen molar-refractivity contribution in [1.29, 1.82) is 5.41 Å². The average Bonchev–Trinajstić information content (AvgIpc) is 1.80. The molecular formula is C5H13ClN2OS. The lowest BCUT2D eigenvalue weighted by molar-refractivity contribution is 0.189. The van der Waals surface area contributed by atoms with Crippen LogP contribution >= 0.6 is 24.2 Å². The van der Waals surface area contributed by atoms with Gasteiger partial charge in [0.25, 0.3) is 0 Å². The third-order valence-corrected chi connectivity index (χ3v) is 1.26. The van der Waals surface area contributed by atoms with Crippen LogP contribution in [0.1, 0.15) is 0 Å². The molecule has 0 aliphatic carbocycles. The number of nitrogens with one attached hydrogen (secondary N) is 1. The van der Waals surface area contributed by atoms with Gasteiger partial charge in [0.05, 0.1) is 6.61 Å². The number of thioether (sulfide) groups is 1. The van der Waals surface area contributed by atoms with Gasteiger partial charge in [-0.25, -0.2) is 0 Å². The summed E-state index contributed by atoms with van der Waals surface area (Å²) < 4.78 is 4.97. The van der Waals surface area contributed by atoms with E-state index in [2.05, 4.69) is 0 Å². The third-order valence-electron chi connectivity index (χ3n) is 0.689. The first-order chi connectivity index (χ1) is 4.27. The minimum atomic E-state index is 0. The van der Waals surface area contributed by atoms with E-state index in [1.807, 2.05) is 6.26 Å². The zero-order chi connectivity index (χ0) is 7.11. The van der Waals surface area contributed by atoms with Crippen LogP contribution in [0.3, 0.4) is 0 Å². The van der Waals surface area contributed by atoms with Crippen molar-refractivity contribution >= 4 is 30.0 Å². The molecule has 0 fully saturated rings. The number of rotatable bonds is 5. The van der Waals surface area contributed by atoms with E-state index in [9.17, 15) is 0 Å². The Labute approximate surface area is 71.6 Å². The number of ether oxygens (including phenoxy) is 1. The smallest absolute Gasteiger partial charge is 0.117 e. The molecule has 0 aromatic carbocycles. The second-order valence-corrected chi connectivity index (χ2v) is 2.56. The molecule has 0 heterocycles. The molecular weight excluding hydrogens is 172 g/mol. The summed E-state index contributed by atoms with van der Waals surface area (Å²) in [6, 6.07) is 0. The summed E-state index contributed by atoms with van der Waals surface area (Å²) in [7, 11) is 0. The number of amidine groups is 1. The van der Waals surface area contributed by atoms with E-state index < -0.39 is 0 Å². The average molecular weight is 185 g/mol. The maximum atomic E-state index is 6.78. The van der Waals surface area contributed by atoms with Gasteiger partial charge in [-0.2, -0.15) is 11.8 Å². The predicted octanol–water partition coefficient (Wildman–Crippen LogP) is 0.724. The zero-order valence-corrected chi connectivity index (χ0v) is 7.56. The fourth-order valence-electron chi connectivity index (χ4n) is 0.324. The van der Waals surface area contributed by atoms with Crippen molar-refractivity contribution in [2.45, 2.75) is 0 Å². The molecule has 0 unspecified atom stereocenters. The number of hydrogen-bond donors (Lipinski definition) is 2. The van der Waals surface area contributed by atoms with Gasteiger partial charge in [-0.15, -0.1) is 12.4 Å². The fraction of sp³-hybridized carbons (Fsp3) is 0.800. The van der Waals surface area contributed by atoms with Crippen LogP contribution in [0.2, 0.25) is 0 Å². The van der Waals surface area contributed by atoms with Gasteiger partial charge in [0.15, 0.2) is 0 Å². The summed E-state index contributed by atoms with van der Waals surface area (Å²) in [5.41, 5.74) is 5.03. The highest BCUT2D eigenvalue weighted by Crippen LogP contribution is 1.89. The monoisotopic (exact) mass is 184 g/mol. The molecule has 0 aliphatic rings. The lowest BCUT2D eigenvalue weighted by Gasteiger charge is -1.98. The Balaban J connectivity index is 0. The van der Waals surface area contributed by atoms with Crippen LogP contribution in [0.5, 0.6) is 0 Å². The Morgan fingerprint density at radius 1 is 1.70 bits per heavy atom. The minimum absolute atomic E-state index is 0. The van der Waals surface area contributed by atoms with Crippen LogP contribution in [-0.2, 0) is 4.74 Å². The summed E-state index contributed by atoms with van der Waals surface area (Å²) in [6.07, 6.45) is 2.01. The van der Waals surface area contributed by atoms with Crippen molar-refractivity contribution in [3.63, 3.8) is 0 Å². The molecule has 0 saturated carbocycles. The molecule has 0 rings (SSSR count). The lowest BCUT2D eigenvalue weighted by Crippen LogP contribution is -2.17. The van der Waals surface area contributed by atoms with Crippen molar-refractivity contribution in [3.05, 3.63) is 0 Å². The lowest BCUT2D eigenvalue weighted by atomic mass is 10.6. The van der Waals surface area contributed by atoms with Crippen LogP contribution in [-0.4, -0.2) is 31.1 Å². The normalized spacial score (nSPS) is 8.50. The van der Waals surface area contributed by atoms with E-state index >= 15 is 0 Å². The highest BCUT2D eigenvalue weighted by Gasteiger charge is 1.87. The first kappa shape index (κ1) is 12.7. The molecule has 0 atom stereocenters. The van der Waals surface area contributed by atoms with Gasteiger partial charge in [0, 0.05) is 5.75 Å². The Bertz CT molecular complexity index is 91.7. The van der Waals surface area contributed by atoms with Crippen LogP contribution in [0, 0.1) is 5.41 Å². The quantitative estimate of drug-likeness (QED) is 0.376. The van der Waals surface area contributed by atoms with Gasteiger partial charge < -0.3 is 10.5 Å². The first-order valence-electron chi connectivity index (χ1n) is 2.67. The van der Waals surface area contributed by atoms with Crippen LogP contribution < -0.4 is 5.73 Å². The van der Waals surface area contributed by atoms with Gasteiger partial charge in [-0.3, -0.25) is 5.41 Å². The SMILES string of the molecule is CSCCOCC(=N)N.Cl. The van der Waals surface area contributed by atoms with Crippen LogP contribution in [0.4, 0.5) is 0 Å². The summed E-state index contributed by atoms with van der Waals surface area (Å²) in [6.45, 7) is 0.946. The van der Waals surface area contributed by atoms with Crippen LogP contribution in [0.25, 0.3) is 0 Å². The molecule has 0 saturated heterocycles. The second kappa shape index (κ2) is 9.07. The summed E-state index contributed by atoms with van der Waals surface area (Å²) >= 11 is 1.72. The molecule has 0 bridgehead atoms. The van der Waals surface area contributed by atoms with Crippen molar-refractivity contribution in [1.82, 2.24) is 0 Å².